The molecular formula is C11H20ClNS. The van der Waals surface area contributed by atoms with E-state index < -0.39 is 0 Å². The van der Waals surface area contributed by atoms with Crippen LogP contribution in [-0.2, 0) is 0 Å². The van der Waals surface area contributed by atoms with Gasteiger partial charge in [0.2, 0.25) is 0 Å². The van der Waals surface area contributed by atoms with Crippen LogP contribution in [0.15, 0.2) is 12.1 Å². The van der Waals surface area contributed by atoms with E-state index in [2.05, 4.69) is 26.0 Å². The monoisotopic (exact) mass is 233 g/mol. The Kier molecular flexibility index (Phi) is 7.24. The van der Waals surface area contributed by atoms with Crippen molar-refractivity contribution in [2.75, 3.05) is 0 Å². The van der Waals surface area contributed by atoms with Crippen LogP contribution in [0.5, 0.6) is 0 Å². The Hall–Kier alpha value is -0.0500. The van der Waals surface area contributed by atoms with Crippen LogP contribution in [0.2, 0.25) is 0 Å². The predicted octanol–water partition coefficient (Wildman–Crippen LogP) is 4.06. The third-order valence-corrected chi connectivity index (χ3v) is 3.38. The molecule has 0 aromatic carbocycles. The number of nitrogens with two attached hydrogens (primary N) is 1. The summed E-state index contributed by atoms with van der Waals surface area (Å²) in [5.74, 6) is 0. The van der Waals surface area contributed by atoms with Gasteiger partial charge in [-0.05, 0) is 25.5 Å². The minimum atomic E-state index is 0. The van der Waals surface area contributed by atoms with Crippen molar-refractivity contribution < 1.29 is 0 Å². The van der Waals surface area contributed by atoms with E-state index in [0.29, 0.717) is 0 Å². The quantitative estimate of drug-likeness (QED) is 0.763. The van der Waals surface area contributed by atoms with Crippen molar-refractivity contribution in [2.24, 2.45) is 5.73 Å². The topological polar surface area (TPSA) is 26.0 Å². The van der Waals surface area contributed by atoms with Crippen molar-refractivity contribution in [1.82, 2.24) is 0 Å². The third kappa shape index (κ3) is 4.45. The van der Waals surface area contributed by atoms with Gasteiger partial charge in [-0.2, -0.15) is 0 Å². The highest BCUT2D eigenvalue weighted by molar-refractivity contribution is 7.12. The summed E-state index contributed by atoms with van der Waals surface area (Å²) in [6.07, 6.45) is 4.97. The van der Waals surface area contributed by atoms with Crippen LogP contribution in [0, 0.1) is 6.92 Å². The molecule has 2 N–H and O–H groups in total. The summed E-state index contributed by atoms with van der Waals surface area (Å²) in [4.78, 5) is 2.70. The Balaban J connectivity index is 0.00000169. The van der Waals surface area contributed by atoms with Gasteiger partial charge < -0.3 is 5.73 Å². The fraction of sp³-hybridized carbons (Fsp3) is 0.636. The Morgan fingerprint density at radius 1 is 1.36 bits per heavy atom. The zero-order valence-corrected chi connectivity index (χ0v) is 10.6. The van der Waals surface area contributed by atoms with Crippen LogP contribution in [-0.4, -0.2) is 0 Å². The normalized spacial score (nSPS) is 12.2. The second-order valence-corrected chi connectivity index (χ2v) is 4.87. The molecule has 0 saturated carbocycles. The summed E-state index contributed by atoms with van der Waals surface area (Å²) in [7, 11) is 0. The molecule has 1 aromatic rings. The summed E-state index contributed by atoms with van der Waals surface area (Å²) in [5, 5.41) is 0. The fourth-order valence-electron chi connectivity index (χ4n) is 1.41. The van der Waals surface area contributed by atoms with Crippen LogP contribution in [0.25, 0.3) is 0 Å². The maximum absolute atomic E-state index is 6.06. The van der Waals surface area contributed by atoms with Crippen LogP contribution in [0.1, 0.15) is 48.4 Å². The summed E-state index contributed by atoms with van der Waals surface area (Å²) >= 11 is 1.83. The molecule has 0 radical (unpaired) electrons. The van der Waals surface area contributed by atoms with Crippen LogP contribution in [0.4, 0.5) is 0 Å². The molecular weight excluding hydrogens is 214 g/mol. The number of aryl methyl sites for hydroxylation is 1. The number of halogens is 1. The first-order chi connectivity index (χ1) is 6.24. The van der Waals surface area contributed by atoms with Gasteiger partial charge in [0.1, 0.15) is 0 Å². The molecule has 14 heavy (non-hydrogen) atoms. The van der Waals surface area contributed by atoms with E-state index in [1.54, 1.807) is 0 Å². The minimum absolute atomic E-state index is 0. The first kappa shape index (κ1) is 13.9. The molecule has 82 valence electrons. The highest BCUT2D eigenvalue weighted by Crippen LogP contribution is 2.24. The molecule has 1 heterocycles. The third-order valence-electron chi connectivity index (χ3n) is 2.25. The van der Waals surface area contributed by atoms with E-state index in [1.165, 1.54) is 29.0 Å². The average molecular weight is 234 g/mol. The molecule has 1 aromatic heterocycles. The number of hydrogen-bond acceptors (Lipinski definition) is 2. The Morgan fingerprint density at radius 3 is 2.57 bits per heavy atom. The van der Waals surface area contributed by atoms with E-state index in [9.17, 15) is 0 Å². The highest BCUT2D eigenvalue weighted by Gasteiger charge is 2.06. The SMILES string of the molecule is CCCCCC(N)c1ccc(C)s1.Cl. The maximum Gasteiger partial charge on any atom is 0.0389 e. The van der Waals surface area contributed by atoms with Gasteiger partial charge in [-0.3, -0.25) is 0 Å². The molecule has 0 saturated heterocycles. The van der Waals surface area contributed by atoms with Crippen molar-refractivity contribution in [3.63, 3.8) is 0 Å². The lowest BCUT2D eigenvalue weighted by Gasteiger charge is -2.08. The summed E-state index contributed by atoms with van der Waals surface area (Å²) in [6.45, 7) is 4.35. The molecule has 0 aliphatic heterocycles. The van der Waals surface area contributed by atoms with Gasteiger partial charge in [-0.1, -0.05) is 26.2 Å². The second kappa shape index (κ2) is 7.27. The number of thiophene rings is 1. The lowest BCUT2D eigenvalue weighted by atomic mass is 10.1. The molecule has 3 heteroatoms. The molecule has 1 nitrogen and oxygen atoms in total. The van der Waals surface area contributed by atoms with Crippen molar-refractivity contribution in [3.05, 3.63) is 21.9 Å². The van der Waals surface area contributed by atoms with Crippen LogP contribution >= 0.6 is 23.7 Å². The van der Waals surface area contributed by atoms with Gasteiger partial charge in [0.05, 0.1) is 0 Å². The molecule has 0 aliphatic carbocycles. The zero-order valence-electron chi connectivity index (χ0n) is 8.95. The predicted molar refractivity (Wildman–Crippen MR) is 67.4 cm³/mol. The van der Waals surface area contributed by atoms with Crippen molar-refractivity contribution in [2.45, 2.75) is 45.6 Å². The molecule has 0 spiro atoms. The second-order valence-electron chi connectivity index (χ2n) is 3.55. The van der Waals surface area contributed by atoms with Crippen molar-refractivity contribution >= 4 is 23.7 Å². The van der Waals surface area contributed by atoms with Crippen LogP contribution in [0.3, 0.4) is 0 Å². The molecule has 1 unspecified atom stereocenters. The highest BCUT2D eigenvalue weighted by atomic mass is 35.5. The Bertz CT molecular complexity index is 247. The molecule has 0 aliphatic rings. The van der Waals surface area contributed by atoms with E-state index >= 15 is 0 Å². The van der Waals surface area contributed by atoms with Gasteiger partial charge in [0.25, 0.3) is 0 Å². The summed E-state index contributed by atoms with van der Waals surface area (Å²) in [5.41, 5.74) is 6.06. The van der Waals surface area contributed by atoms with Gasteiger partial charge in [0, 0.05) is 15.8 Å². The zero-order chi connectivity index (χ0) is 9.68. The number of unbranched alkanes of at least 4 members (excludes halogenated alkanes) is 2. The fourth-order valence-corrected chi connectivity index (χ4v) is 2.32. The van der Waals surface area contributed by atoms with E-state index in [4.69, 9.17) is 5.73 Å². The first-order valence-electron chi connectivity index (χ1n) is 5.06. The van der Waals surface area contributed by atoms with E-state index in [0.717, 1.165) is 6.42 Å². The van der Waals surface area contributed by atoms with Crippen LogP contribution < -0.4 is 5.73 Å². The van der Waals surface area contributed by atoms with Crippen molar-refractivity contribution in [1.29, 1.82) is 0 Å². The Morgan fingerprint density at radius 2 is 2.07 bits per heavy atom. The summed E-state index contributed by atoms with van der Waals surface area (Å²) < 4.78 is 0. The molecule has 0 amide bonds. The minimum Gasteiger partial charge on any atom is -0.323 e. The standard InChI is InChI=1S/C11H19NS.ClH/c1-3-4-5-6-10(12)11-8-7-9(2)13-11;/h7-8,10H,3-6,12H2,1-2H3;1H. The van der Waals surface area contributed by atoms with Crippen molar-refractivity contribution in [3.8, 4) is 0 Å². The first-order valence-corrected chi connectivity index (χ1v) is 5.87. The molecule has 1 atom stereocenters. The molecule has 0 bridgehead atoms. The largest absolute Gasteiger partial charge is 0.323 e. The van der Waals surface area contributed by atoms with Gasteiger partial charge >= 0.3 is 0 Å². The average Bonchev–Trinajstić information content (AvgIpc) is 2.52. The van der Waals surface area contributed by atoms with Gasteiger partial charge in [-0.25, -0.2) is 0 Å². The van der Waals surface area contributed by atoms with Gasteiger partial charge in [0.15, 0.2) is 0 Å². The maximum atomic E-state index is 6.06. The lowest BCUT2D eigenvalue weighted by Crippen LogP contribution is -2.07. The molecule has 1 rings (SSSR count). The smallest absolute Gasteiger partial charge is 0.0389 e. The summed E-state index contributed by atoms with van der Waals surface area (Å²) in [6, 6.07) is 4.58. The number of hydrogen-bond donors (Lipinski definition) is 1. The molecule has 0 fully saturated rings. The van der Waals surface area contributed by atoms with Gasteiger partial charge in [-0.15, -0.1) is 23.7 Å². The Labute approximate surface area is 97.1 Å². The lowest BCUT2D eigenvalue weighted by molar-refractivity contribution is 0.587. The van der Waals surface area contributed by atoms with E-state index in [1.807, 2.05) is 11.3 Å². The number of rotatable bonds is 5. The van der Waals surface area contributed by atoms with E-state index in [-0.39, 0.29) is 18.4 Å².